The number of halogens is 1. The van der Waals surface area contributed by atoms with Crippen molar-refractivity contribution >= 4 is 33.4 Å². The summed E-state index contributed by atoms with van der Waals surface area (Å²) in [6, 6.07) is 7.49. The van der Waals surface area contributed by atoms with Crippen LogP contribution in [-0.2, 0) is 10.8 Å². The molecule has 1 saturated heterocycles. The van der Waals surface area contributed by atoms with E-state index >= 15 is 0 Å². The molecule has 2 heterocycles. The molecule has 1 fully saturated rings. The van der Waals surface area contributed by atoms with E-state index in [9.17, 15) is 4.21 Å². The molecule has 0 bridgehead atoms. The van der Waals surface area contributed by atoms with Gasteiger partial charge in [-0.1, -0.05) is 23.7 Å². The fraction of sp³-hybridized carbons (Fsp3) is 0.429. The minimum atomic E-state index is -1.19. The Balaban J connectivity index is 1.84. The molecule has 2 aromatic rings. The summed E-state index contributed by atoms with van der Waals surface area (Å²) < 4.78 is 12.5. The maximum Gasteiger partial charge on any atom is 0.165 e. The third kappa shape index (κ3) is 3.00. The molecule has 0 radical (unpaired) electrons. The summed E-state index contributed by atoms with van der Waals surface area (Å²) in [5.41, 5.74) is 1.47. The number of hydrogen-bond donors (Lipinski definition) is 1. The van der Waals surface area contributed by atoms with Gasteiger partial charge >= 0.3 is 0 Å². The summed E-state index contributed by atoms with van der Waals surface area (Å²) in [6.45, 7) is 1.98. The van der Waals surface area contributed by atoms with Crippen LogP contribution in [0.5, 0.6) is 0 Å². The molecule has 4 nitrogen and oxygen atoms in total. The first-order valence-corrected chi connectivity index (χ1v) is 8.45. The maximum absolute atomic E-state index is 12.5. The molecule has 1 aromatic carbocycles. The van der Waals surface area contributed by atoms with Crippen molar-refractivity contribution in [2.24, 2.45) is 5.92 Å². The van der Waals surface area contributed by atoms with Gasteiger partial charge in [-0.25, -0.2) is 9.97 Å². The zero-order valence-electron chi connectivity index (χ0n) is 11.0. The Hall–Kier alpha value is -1.04. The molecule has 0 unspecified atom stereocenters. The zero-order valence-corrected chi connectivity index (χ0v) is 12.6. The third-order valence-corrected chi connectivity index (χ3v) is 5.37. The van der Waals surface area contributed by atoms with Crippen LogP contribution in [0.2, 0.25) is 5.15 Å². The Labute approximate surface area is 125 Å². The highest BCUT2D eigenvalue weighted by Gasteiger charge is 2.20. The van der Waals surface area contributed by atoms with Crippen LogP contribution in [0.1, 0.15) is 12.8 Å². The number of benzene rings is 1. The van der Waals surface area contributed by atoms with Crippen molar-refractivity contribution < 1.29 is 4.21 Å². The van der Waals surface area contributed by atoms with Gasteiger partial charge in [-0.2, -0.15) is 0 Å². The highest BCUT2D eigenvalue weighted by atomic mass is 35.5. The smallest absolute Gasteiger partial charge is 0.165 e. The van der Waals surface area contributed by atoms with Gasteiger partial charge in [0, 0.05) is 5.75 Å². The van der Waals surface area contributed by atoms with E-state index in [4.69, 9.17) is 11.6 Å². The largest absolute Gasteiger partial charge is 0.316 e. The summed E-state index contributed by atoms with van der Waals surface area (Å²) in [7, 11) is -1.19. The number of piperidine rings is 1. The minimum Gasteiger partial charge on any atom is -0.316 e. The van der Waals surface area contributed by atoms with Crippen LogP contribution in [0.15, 0.2) is 29.3 Å². The number of fused-ring (bicyclic) bond motifs is 1. The number of nitrogens with one attached hydrogen (secondary N) is 1. The number of hydrogen-bond acceptors (Lipinski definition) is 4. The molecule has 0 saturated carbocycles. The first-order valence-electron chi connectivity index (χ1n) is 6.75. The van der Waals surface area contributed by atoms with E-state index in [2.05, 4.69) is 15.3 Å². The average Bonchev–Trinajstić information content (AvgIpc) is 2.47. The second kappa shape index (κ2) is 6.16. The Morgan fingerprint density at radius 1 is 1.30 bits per heavy atom. The summed E-state index contributed by atoms with van der Waals surface area (Å²) in [5.74, 6) is 1.02. The molecule has 2 atom stereocenters. The molecule has 3 rings (SSSR count). The van der Waals surface area contributed by atoms with Gasteiger partial charge in [0.15, 0.2) is 10.2 Å². The van der Waals surface area contributed by atoms with Gasteiger partial charge in [0.05, 0.1) is 21.8 Å². The first-order chi connectivity index (χ1) is 9.74. The number of nitrogens with zero attached hydrogens (tertiary/aromatic N) is 2. The number of aromatic nitrogens is 2. The quantitative estimate of drug-likeness (QED) is 0.946. The highest BCUT2D eigenvalue weighted by Crippen LogP contribution is 2.22. The average molecular weight is 310 g/mol. The summed E-state index contributed by atoms with van der Waals surface area (Å²) in [5, 5.41) is 4.00. The van der Waals surface area contributed by atoms with Gasteiger partial charge in [-0.3, -0.25) is 4.21 Å². The fourth-order valence-corrected chi connectivity index (χ4v) is 4.16. The predicted octanol–water partition coefficient (Wildman–Crippen LogP) is 2.39. The van der Waals surface area contributed by atoms with Crippen molar-refractivity contribution in [2.75, 3.05) is 18.8 Å². The Bertz CT molecular complexity index is 643. The third-order valence-electron chi connectivity index (χ3n) is 3.50. The summed E-state index contributed by atoms with van der Waals surface area (Å²) in [6.07, 6.45) is 2.25. The Kier molecular flexibility index (Phi) is 4.29. The molecule has 1 aliphatic heterocycles. The van der Waals surface area contributed by atoms with Gasteiger partial charge in [0.25, 0.3) is 0 Å². The van der Waals surface area contributed by atoms with Crippen LogP contribution in [0.3, 0.4) is 0 Å². The van der Waals surface area contributed by atoms with E-state index in [0.29, 0.717) is 16.7 Å². The Morgan fingerprint density at radius 3 is 2.75 bits per heavy atom. The highest BCUT2D eigenvalue weighted by molar-refractivity contribution is 7.85. The van der Waals surface area contributed by atoms with Crippen molar-refractivity contribution in [3.63, 3.8) is 0 Å². The molecule has 1 aliphatic rings. The molecule has 20 heavy (non-hydrogen) atoms. The summed E-state index contributed by atoms with van der Waals surface area (Å²) in [4.78, 5) is 8.71. The lowest BCUT2D eigenvalue weighted by Gasteiger charge is -2.22. The van der Waals surface area contributed by atoms with Gasteiger partial charge < -0.3 is 5.32 Å². The molecule has 0 spiro atoms. The van der Waals surface area contributed by atoms with E-state index in [0.717, 1.165) is 37.0 Å². The summed E-state index contributed by atoms with van der Waals surface area (Å²) >= 11 is 6.13. The van der Waals surface area contributed by atoms with E-state index in [1.807, 2.05) is 24.3 Å². The SMILES string of the molecule is O=[S@](C[C@H]1CCCNC1)c1nc2ccccc2nc1Cl. The van der Waals surface area contributed by atoms with Crippen molar-refractivity contribution in [1.29, 1.82) is 0 Å². The zero-order chi connectivity index (χ0) is 13.9. The molecular formula is C14H16ClN3OS. The molecule has 6 heteroatoms. The van der Waals surface area contributed by atoms with E-state index in [1.165, 1.54) is 0 Å². The van der Waals surface area contributed by atoms with E-state index in [-0.39, 0.29) is 5.15 Å². The monoisotopic (exact) mass is 309 g/mol. The van der Waals surface area contributed by atoms with Crippen LogP contribution >= 0.6 is 11.6 Å². The molecular weight excluding hydrogens is 294 g/mol. The molecule has 1 aromatic heterocycles. The van der Waals surface area contributed by atoms with Crippen LogP contribution in [0, 0.1) is 5.92 Å². The van der Waals surface area contributed by atoms with Gasteiger partial charge in [0.2, 0.25) is 0 Å². The van der Waals surface area contributed by atoms with Crippen LogP contribution in [-0.4, -0.2) is 33.0 Å². The lowest BCUT2D eigenvalue weighted by atomic mass is 10.0. The van der Waals surface area contributed by atoms with Crippen molar-refractivity contribution in [3.05, 3.63) is 29.4 Å². The van der Waals surface area contributed by atoms with Crippen molar-refractivity contribution in [2.45, 2.75) is 17.9 Å². The van der Waals surface area contributed by atoms with Crippen LogP contribution in [0.25, 0.3) is 11.0 Å². The fourth-order valence-electron chi connectivity index (χ4n) is 2.47. The normalized spacial score (nSPS) is 20.9. The first kappa shape index (κ1) is 13.9. The molecule has 1 N–H and O–H groups in total. The van der Waals surface area contributed by atoms with Crippen molar-refractivity contribution in [1.82, 2.24) is 15.3 Å². The van der Waals surface area contributed by atoms with Crippen LogP contribution in [0.4, 0.5) is 0 Å². The topological polar surface area (TPSA) is 54.9 Å². The van der Waals surface area contributed by atoms with Gasteiger partial charge in [0.1, 0.15) is 0 Å². The second-order valence-corrected chi connectivity index (χ2v) is 6.80. The van der Waals surface area contributed by atoms with Crippen LogP contribution < -0.4 is 5.32 Å². The van der Waals surface area contributed by atoms with E-state index < -0.39 is 10.8 Å². The minimum absolute atomic E-state index is 0.255. The second-order valence-electron chi connectivity index (χ2n) is 5.03. The lowest BCUT2D eigenvalue weighted by Crippen LogP contribution is -2.32. The maximum atomic E-state index is 12.5. The molecule has 0 amide bonds. The number of para-hydroxylation sites is 2. The van der Waals surface area contributed by atoms with E-state index in [1.54, 1.807) is 0 Å². The number of rotatable bonds is 3. The van der Waals surface area contributed by atoms with Gasteiger partial charge in [-0.15, -0.1) is 0 Å². The van der Waals surface area contributed by atoms with Crippen molar-refractivity contribution in [3.8, 4) is 0 Å². The standard InChI is InChI=1S/C14H16ClN3OS/c15-13-14(18-12-6-2-1-5-11(12)17-13)20(19)9-10-4-3-7-16-8-10/h1-2,5-6,10,16H,3-4,7-9H2/t10-,20+/m0/s1. The molecule has 0 aliphatic carbocycles. The van der Waals surface area contributed by atoms with Gasteiger partial charge in [-0.05, 0) is 44.0 Å². The Morgan fingerprint density at radius 2 is 2.05 bits per heavy atom. The predicted molar refractivity (Wildman–Crippen MR) is 81.4 cm³/mol. The lowest BCUT2D eigenvalue weighted by molar-refractivity contribution is 0.408. The molecule has 106 valence electrons.